The molecule has 2 rings (SSSR count). The number of nitrogens with zero attached hydrogens (tertiary/aromatic N) is 1. The number of aromatic amines is 1. The summed E-state index contributed by atoms with van der Waals surface area (Å²) in [5, 5.41) is 8.84. The maximum absolute atomic E-state index is 11.6. The standard InChI is InChI=1S/C12H10N2O4/c1-7-2-4-8(5-3-7)14-6-9(11(16)17)10(15)13-12(14)18/h2-6H,1H3,(H,16,17)(H,13,15,18). The summed E-state index contributed by atoms with van der Waals surface area (Å²) in [6.45, 7) is 1.89. The molecule has 0 aliphatic rings. The smallest absolute Gasteiger partial charge is 0.342 e. The van der Waals surface area contributed by atoms with E-state index in [2.05, 4.69) is 0 Å². The van der Waals surface area contributed by atoms with Crippen molar-refractivity contribution in [1.29, 1.82) is 0 Å². The van der Waals surface area contributed by atoms with Gasteiger partial charge >= 0.3 is 11.7 Å². The monoisotopic (exact) mass is 246 g/mol. The first-order valence-corrected chi connectivity index (χ1v) is 5.15. The molecule has 92 valence electrons. The highest BCUT2D eigenvalue weighted by atomic mass is 16.4. The van der Waals surface area contributed by atoms with Gasteiger partial charge in [-0.05, 0) is 19.1 Å². The minimum Gasteiger partial charge on any atom is -0.477 e. The molecule has 0 saturated heterocycles. The van der Waals surface area contributed by atoms with Crippen LogP contribution < -0.4 is 11.2 Å². The fraction of sp³-hybridized carbons (Fsp3) is 0.0833. The van der Waals surface area contributed by atoms with Crippen molar-refractivity contribution >= 4 is 5.97 Å². The summed E-state index contributed by atoms with van der Waals surface area (Å²) in [6.07, 6.45) is 1.02. The molecule has 0 unspecified atom stereocenters. The fourth-order valence-corrected chi connectivity index (χ4v) is 1.52. The van der Waals surface area contributed by atoms with E-state index in [4.69, 9.17) is 5.11 Å². The lowest BCUT2D eigenvalue weighted by Gasteiger charge is -2.06. The number of hydrogen-bond acceptors (Lipinski definition) is 3. The Kier molecular flexibility index (Phi) is 2.85. The van der Waals surface area contributed by atoms with Crippen LogP contribution in [-0.2, 0) is 0 Å². The van der Waals surface area contributed by atoms with Gasteiger partial charge in [-0.15, -0.1) is 0 Å². The minimum absolute atomic E-state index is 0.477. The second kappa shape index (κ2) is 4.33. The van der Waals surface area contributed by atoms with E-state index < -0.39 is 22.8 Å². The Bertz CT molecular complexity index is 710. The molecule has 0 atom stereocenters. The molecule has 0 aliphatic carbocycles. The van der Waals surface area contributed by atoms with Crippen LogP contribution in [0.15, 0.2) is 40.1 Å². The Hall–Kier alpha value is -2.63. The third-order valence-corrected chi connectivity index (χ3v) is 2.48. The molecule has 0 fully saturated rings. The van der Waals surface area contributed by atoms with E-state index in [9.17, 15) is 14.4 Å². The van der Waals surface area contributed by atoms with Gasteiger partial charge in [0.05, 0.1) is 5.69 Å². The summed E-state index contributed by atoms with van der Waals surface area (Å²) < 4.78 is 1.09. The third kappa shape index (κ3) is 2.08. The number of aryl methyl sites for hydroxylation is 1. The van der Waals surface area contributed by atoms with E-state index in [0.717, 1.165) is 16.3 Å². The second-order valence-corrected chi connectivity index (χ2v) is 3.81. The molecule has 1 aromatic carbocycles. The van der Waals surface area contributed by atoms with Gasteiger partial charge in [0.15, 0.2) is 0 Å². The van der Waals surface area contributed by atoms with Crippen molar-refractivity contribution in [2.24, 2.45) is 0 Å². The molecule has 0 bridgehead atoms. The van der Waals surface area contributed by atoms with Gasteiger partial charge in [-0.1, -0.05) is 17.7 Å². The molecule has 1 heterocycles. The number of hydrogen-bond donors (Lipinski definition) is 2. The predicted octanol–water partition coefficient (Wildman–Crippen LogP) is 0.532. The number of carbonyl (C=O) groups is 1. The summed E-state index contributed by atoms with van der Waals surface area (Å²) in [4.78, 5) is 35.7. The van der Waals surface area contributed by atoms with Gasteiger partial charge in [-0.3, -0.25) is 14.3 Å². The molecule has 1 aromatic heterocycles. The SMILES string of the molecule is Cc1ccc(-n2cc(C(=O)O)c(=O)[nH]c2=O)cc1. The van der Waals surface area contributed by atoms with Crippen molar-refractivity contribution in [2.45, 2.75) is 6.92 Å². The predicted molar refractivity (Wildman–Crippen MR) is 64.4 cm³/mol. The summed E-state index contributed by atoms with van der Waals surface area (Å²) in [5.41, 5.74) is -0.557. The number of aromatic carboxylic acids is 1. The number of H-pyrrole nitrogens is 1. The molecule has 0 aliphatic heterocycles. The van der Waals surface area contributed by atoms with Crippen molar-refractivity contribution in [3.63, 3.8) is 0 Å². The van der Waals surface area contributed by atoms with Crippen LogP contribution in [0.5, 0.6) is 0 Å². The maximum atomic E-state index is 11.6. The summed E-state index contributed by atoms with van der Waals surface area (Å²) in [6, 6.07) is 6.90. The maximum Gasteiger partial charge on any atom is 0.342 e. The van der Waals surface area contributed by atoms with E-state index >= 15 is 0 Å². The number of benzene rings is 1. The van der Waals surface area contributed by atoms with Gasteiger partial charge in [0.25, 0.3) is 5.56 Å². The molecule has 0 amide bonds. The van der Waals surface area contributed by atoms with Crippen LogP contribution in [0.2, 0.25) is 0 Å². The molecule has 6 nitrogen and oxygen atoms in total. The van der Waals surface area contributed by atoms with Gasteiger partial charge in [-0.25, -0.2) is 9.59 Å². The van der Waals surface area contributed by atoms with E-state index in [0.29, 0.717) is 5.69 Å². The first-order chi connectivity index (χ1) is 8.49. The van der Waals surface area contributed by atoms with Crippen molar-refractivity contribution < 1.29 is 9.90 Å². The molecular weight excluding hydrogens is 236 g/mol. The molecule has 0 radical (unpaired) electrons. The largest absolute Gasteiger partial charge is 0.477 e. The Morgan fingerprint density at radius 3 is 2.39 bits per heavy atom. The molecule has 18 heavy (non-hydrogen) atoms. The quantitative estimate of drug-likeness (QED) is 0.808. The number of carboxylic acids is 1. The van der Waals surface area contributed by atoms with Gasteiger partial charge in [0.1, 0.15) is 5.56 Å². The Balaban J connectivity index is 2.68. The zero-order valence-electron chi connectivity index (χ0n) is 9.51. The molecule has 2 N–H and O–H groups in total. The van der Waals surface area contributed by atoms with Crippen LogP contribution in [0.1, 0.15) is 15.9 Å². The third-order valence-electron chi connectivity index (χ3n) is 2.48. The fourth-order valence-electron chi connectivity index (χ4n) is 1.52. The summed E-state index contributed by atoms with van der Waals surface area (Å²) in [5.74, 6) is -1.38. The molecular formula is C12H10N2O4. The average Bonchev–Trinajstić information content (AvgIpc) is 2.30. The van der Waals surface area contributed by atoms with E-state index in [1.165, 1.54) is 0 Å². The summed E-state index contributed by atoms with van der Waals surface area (Å²) in [7, 11) is 0. The Morgan fingerprint density at radius 1 is 1.22 bits per heavy atom. The molecule has 0 saturated carbocycles. The van der Waals surface area contributed by atoms with Crippen LogP contribution in [0, 0.1) is 6.92 Å². The van der Waals surface area contributed by atoms with E-state index in [1.54, 1.807) is 24.3 Å². The first-order valence-electron chi connectivity index (χ1n) is 5.15. The molecule has 2 aromatic rings. The minimum atomic E-state index is -1.38. The average molecular weight is 246 g/mol. The van der Waals surface area contributed by atoms with Crippen LogP contribution in [0.3, 0.4) is 0 Å². The van der Waals surface area contributed by atoms with Crippen molar-refractivity contribution in [2.75, 3.05) is 0 Å². The number of aromatic nitrogens is 2. The van der Waals surface area contributed by atoms with Crippen LogP contribution >= 0.6 is 0 Å². The lowest BCUT2D eigenvalue weighted by molar-refractivity contribution is 0.0694. The lowest BCUT2D eigenvalue weighted by atomic mass is 10.2. The van der Waals surface area contributed by atoms with E-state index in [1.807, 2.05) is 11.9 Å². The molecule has 6 heteroatoms. The zero-order valence-corrected chi connectivity index (χ0v) is 9.51. The van der Waals surface area contributed by atoms with Crippen molar-refractivity contribution in [1.82, 2.24) is 9.55 Å². The highest BCUT2D eigenvalue weighted by molar-refractivity contribution is 5.86. The Morgan fingerprint density at radius 2 is 1.83 bits per heavy atom. The lowest BCUT2D eigenvalue weighted by Crippen LogP contribution is -2.32. The molecule has 0 spiro atoms. The zero-order chi connectivity index (χ0) is 13.3. The van der Waals surface area contributed by atoms with Crippen LogP contribution in [0.4, 0.5) is 0 Å². The number of nitrogens with one attached hydrogen (secondary N) is 1. The van der Waals surface area contributed by atoms with Crippen molar-refractivity contribution in [3.05, 3.63) is 62.4 Å². The van der Waals surface area contributed by atoms with E-state index in [-0.39, 0.29) is 0 Å². The topological polar surface area (TPSA) is 92.2 Å². The van der Waals surface area contributed by atoms with Gasteiger partial charge in [-0.2, -0.15) is 0 Å². The summed E-state index contributed by atoms with van der Waals surface area (Å²) >= 11 is 0. The van der Waals surface area contributed by atoms with Gasteiger partial charge < -0.3 is 5.11 Å². The van der Waals surface area contributed by atoms with Gasteiger partial charge in [0, 0.05) is 6.20 Å². The van der Waals surface area contributed by atoms with Crippen molar-refractivity contribution in [3.8, 4) is 5.69 Å². The number of rotatable bonds is 2. The number of carboxylic acid groups (broad SMARTS) is 1. The first kappa shape index (κ1) is 11.8. The van der Waals surface area contributed by atoms with Gasteiger partial charge in [0.2, 0.25) is 0 Å². The highest BCUT2D eigenvalue weighted by Crippen LogP contribution is 2.06. The van der Waals surface area contributed by atoms with Crippen LogP contribution in [0.25, 0.3) is 5.69 Å². The normalized spacial score (nSPS) is 10.3. The van der Waals surface area contributed by atoms with Crippen LogP contribution in [-0.4, -0.2) is 20.6 Å². The second-order valence-electron chi connectivity index (χ2n) is 3.81. The highest BCUT2D eigenvalue weighted by Gasteiger charge is 2.12. The Labute approximate surface area is 101 Å².